The molecule has 0 N–H and O–H groups in total. The van der Waals surface area contributed by atoms with Crippen LogP contribution in [0, 0.1) is 0 Å². The first-order valence-corrected chi connectivity index (χ1v) is 8.59. The largest absolute Gasteiger partial charge is 0.294 e. The molecule has 3 heterocycles. The molecule has 0 saturated carbocycles. The fourth-order valence-electron chi connectivity index (χ4n) is 2.57. The van der Waals surface area contributed by atoms with Crippen LogP contribution in [0.15, 0.2) is 35.1 Å². The number of hydrogen-bond acceptors (Lipinski definition) is 6. The molecule has 0 aliphatic carbocycles. The number of Topliss-reactive ketones (excluding diaryl/α,β-unsaturated/α-hetero) is 1. The summed E-state index contributed by atoms with van der Waals surface area (Å²) in [5.74, 6) is -0.0470. The molecule has 0 amide bonds. The number of carbonyl (C=O) groups excluding carboxylic acids is 1. The molecule has 0 bridgehead atoms. The number of thiophene rings is 1. The molecule has 8 heteroatoms. The number of benzene rings is 1. The van der Waals surface area contributed by atoms with Gasteiger partial charge in [-0.1, -0.05) is 11.6 Å². The van der Waals surface area contributed by atoms with Crippen LogP contribution in [0.1, 0.15) is 16.6 Å². The minimum atomic E-state index is -0.320. The second-order valence-corrected chi connectivity index (χ2v) is 7.07. The smallest absolute Gasteiger partial charge is 0.236 e. The summed E-state index contributed by atoms with van der Waals surface area (Å²) >= 11 is 7.24. The first kappa shape index (κ1) is 15.9. The van der Waals surface area contributed by atoms with Gasteiger partial charge in [0.25, 0.3) is 0 Å². The third-order valence-electron chi connectivity index (χ3n) is 3.78. The summed E-state index contributed by atoms with van der Waals surface area (Å²) < 4.78 is 1.53. The van der Waals surface area contributed by atoms with E-state index in [-0.39, 0.29) is 22.4 Å². The SMILES string of the molecule is CC(=O)c1ccc(-c2nn(C)c3nc4ccc(Cl)cc4nc3c2=O)s1. The fourth-order valence-corrected chi connectivity index (χ4v) is 3.62. The van der Waals surface area contributed by atoms with Crippen molar-refractivity contribution in [3.8, 4) is 10.6 Å². The van der Waals surface area contributed by atoms with Crippen molar-refractivity contribution in [3.05, 3.63) is 50.5 Å². The predicted molar refractivity (Wildman–Crippen MR) is 98.4 cm³/mol. The highest BCUT2D eigenvalue weighted by Gasteiger charge is 2.17. The molecule has 0 unspecified atom stereocenters. The van der Waals surface area contributed by atoms with Crippen LogP contribution in [-0.4, -0.2) is 25.5 Å². The minimum Gasteiger partial charge on any atom is -0.294 e. The first-order chi connectivity index (χ1) is 11.9. The van der Waals surface area contributed by atoms with Gasteiger partial charge in [-0.25, -0.2) is 14.6 Å². The van der Waals surface area contributed by atoms with E-state index >= 15 is 0 Å². The van der Waals surface area contributed by atoms with Crippen molar-refractivity contribution in [2.75, 3.05) is 0 Å². The van der Waals surface area contributed by atoms with Crippen molar-refractivity contribution >= 4 is 50.9 Å². The van der Waals surface area contributed by atoms with E-state index in [9.17, 15) is 9.59 Å². The van der Waals surface area contributed by atoms with Crippen molar-refractivity contribution in [2.45, 2.75) is 6.92 Å². The third-order valence-corrected chi connectivity index (χ3v) is 5.21. The molecule has 0 saturated heterocycles. The zero-order chi connectivity index (χ0) is 17.7. The van der Waals surface area contributed by atoms with Gasteiger partial charge < -0.3 is 0 Å². The number of carbonyl (C=O) groups is 1. The fraction of sp³-hybridized carbons (Fsp3) is 0.118. The number of aryl methyl sites for hydroxylation is 1. The van der Waals surface area contributed by atoms with Gasteiger partial charge in [-0.05, 0) is 37.3 Å². The normalized spacial score (nSPS) is 11.3. The molecule has 4 rings (SSSR count). The van der Waals surface area contributed by atoms with E-state index in [1.54, 1.807) is 37.4 Å². The summed E-state index contributed by atoms with van der Waals surface area (Å²) in [5.41, 5.74) is 1.73. The topological polar surface area (TPSA) is 77.7 Å². The van der Waals surface area contributed by atoms with Gasteiger partial charge in [-0.3, -0.25) is 9.59 Å². The molecule has 1 aromatic carbocycles. The van der Waals surface area contributed by atoms with Crippen molar-refractivity contribution in [2.24, 2.45) is 7.05 Å². The van der Waals surface area contributed by atoms with E-state index in [1.807, 2.05) is 0 Å². The van der Waals surface area contributed by atoms with Crippen LogP contribution in [0.2, 0.25) is 5.02 Å². The lowest BCUT2D eigenvalue weighted by atomic mass is 10.2. The highest BCUT2D eigenvalue weighted by molar-refractivity contribution is 7.17. The maximum Gasteiger partial charge on any atom is 0.236 e. The summed E-state index contributed by atoms with van der Waals surface area (Å²) in [6.45, 7) is 1.49. The summed E-state index contributed by atoms with van der Waals surface area (Å²) in [5, 5.41) is 4.87. The average molecular weight is 371 g/mol. The molecular weight excluding hydrogens is 360 g/mol. The Morgan fingerprint density at radius 2 is 1.96 bits per heavy atom. The summed E-state index contributed by atoms with van der Waals surface area (Å²) in [6.07, 6.45) is 0. The standard InChI is InChI=1S/C17H11ClN4O2S/c1-8(23)12-5-6-13(25-12)14-16(24)15-17(22(2)21-14)20-10-4-3-9(18)7-11(10)19-15/h3-7H,1-2H3. The van der Waals surface area contributed by atoms with Crippen LogP contribution in [0.25, 0.3) is 32.8 Å². The number of aromatic nitrogens is 4. The molecule has 0 spiro atoms. The Balaban J connectivity index is 2.03. The highest BCUT2D eigenvalue weighted by Crippen LogP contribution is 2.26. The first-order valence-electron chi connectivity index (χ1n) is 7.39. The lowest BCUT2D eigenvalue weighted by molar-refractivity contribution is 0.102. The molecule has 25 heavy (non-hydrogen) atoms. The van der Waals surface area contributed by atoms with E-state index in [0.717, 1.165) is 0 Å². The number of fused-ring (bicyclic) bond motifs is 2. The average Bonchev–Trinajstić information content (AvgIpc) is 3.07. The van der Waals surface area contributed by atoms with Crippen molar-refractivity contribution in [1.82, 2.24) is 19.7 Å². The molecule has 6 nitrogen and oxygen atoms in total. The van der Waals surface area contributed by atoms with Gasteiger partial charge in [0.1, 0.15) is 0 Å². The molecule has 0 atom stereocenters. The van der Waals surface area contributed by atoms with Crippen LogP contribution < -0.4 is 5.43 Å². The van der Waals surface area contributed by atoms with Gasteiger partial charge >= 0.3 is 0 Å². The second kappa shape index (κ2) is 5.72. The second-order valence-electron chi connectivity index (χ2n) is 5.55. The summed E-state index contributed by atoms with van der Waals surface area (Å²) in [6, 6.07) is 8.56. The number of hydrogen-bond donors (Lipinski definition) is 0. The number of ketones is 1. The van der Waals surface area contributed by atoms with Crippen molar-refractivity contribution in [3.63, 3.8) is 0 Å². The van der Waals surface area contributed by atoms with Gasteiger partial charge in [0.2, 0.25) is 5.43 Å². The highest BCUT2D eigenvalue weighted by atomic mass is 35.5. The van der Waals surface area contributed by atoms with Crippen LogP contribution in [0.3, 0.4) is 0 Å². The van der Waals surface area contributed by atoms with Crippen molar-refractivity contribution < 1.29 is 4.79 Å². The Morgan fingerprint density at radius 3 is 2.68 bits per heavy atom. The monoisotopic (exact) mass is 370 g/mol. The molecule has 3 aromatic heterocycles. The van der Waals surface area contributed by atoms with Gasteiger partial charge in [0.15, 0.2) is 22.6 Å². The summed E-state index contributed by atoms with van der Waals surface area (Å²) in [7, 11) is 1.71. The third kappa shape index (κ3) is 2.61. The Morgan fingerprint density at radius 1 is 1.16 bits per heavy atom. The molecule has 0 aliphatic heterocycles. The van der Waals surface area contributed by atoms with Crippen LogP contribution in [0.4, 0.5) is 0 Å². The lowest BCUT2D eigenvalue weighted by Crippen LogP contribution is -2.16. The molecule has 124 valence electrons. The van der Waals surface area contributed by atoms with Crippen LogP contribution in [0.5, 0.6) is 0 Å². The van der Waals surface area contributed by atoms with Crippen LogP contribution in [-0.2, 0) is 7.05 Å². The maximum absolute atomic E-state index is 12.9. The quantitative estimate of drug-likeness (QED) is 0.399. The predicted octanol–water partition coefficient (Wildman–Crippen LogP) is 3.46. The number of nitrogens with zero attached hydrogens (tertiary/aromatic N) is 4. The number of rotatable bonds is 2. The Labute approximate surface area is 150 Å². The zero-order valence-electron chi connectivity index (χ0n) is 13.3. The molecule has 0 fully saturated rings. The van der Waals surface area contributed by atoms with E-state index in [4.69, 9.17) is 11.6 Å². The van der Waals surface area contributed by atoms with Gasteiger partial charge in [-0.2, -0.15) is 5.10 Å². The Hall–Kier alpha value is -2.64. The molecule has 4 aromatic rings. The van der Waals surface area contributed by atoms with E-state index < -0.39 is 0 Å². The minimum absolute atomic E-state index is 0.0470. The molecule has 0 aliphatic rings. The van der Waals surface area contributed by atoms with Crippen molar-refractivity contribution in [1.29, 1.82) is 0 Å². The van der Waals surface area contributed by atoms with Gasteiger partial charge in [0, 0.05) is 12.1 Å². The summed E-state index contributed by atoms with van der Waals surface area (Å²) in [4.78, 5) is 34.5. The van der Waals surface area contributed by atoms with E-state index in [2.05, 4.69) is 15.1 Å². The maximum atomic E-state index is 12.9. The molecular formula is C17H11ClN4O2S. The van der Waals surface area contributed by atoms with Crippen LogP contribution >= 0.6 is 22.9 Å². The lowest BCUT2D eigenvalue weighted by Gasteiger charge is -2.07. The Kier molecular flexibility index (Phi) is 3.63. The van der Waals surface area contributed by atoms with E-state index in [0.29, 0.717) is 31.5 Å². The van der Waals surface area contributed by atoms with Gasteiger partial charge in [-0.15, -0.1) is 11.3 Å². The van der Waals surface area contributed by atoms with Gasteiger partial charge in [0.05, 0.1) is 20.8 Å². The number of halogens is 1. The zero-order valence-corrected chi connectivity index (χ0v) is 14.9. The van der Waals surface area contributed by atoms with E-state index in [1.165, 1.54) is 22.9 Å². The Bertz CT molecular complexity index is 1230. The molecule has 0 radical (unpaired) electrons.